The predicted octanol–water partition coefficient (Wildman–Crippen LogP) is 1.57. The maximum atomic E-state index is 11.7. The highest BCUT2D eigenvalue weighted by molar-refractivity contribution is 9.11. The van der Waals surface area contributed by atoms with E-state index in [0.717, 1.165) is 42.1 Å². The minimum absolute atomic E-state index is 0. The summed E-state index contributed by atoms with van der Waals surface area (Å²) >= 11 is 4.89. The Labute approximate surface area is 126 Å². The number of thiophene rings is 1. The molecule has 2 N–H and O–H groups in total. The third-order valence-corrected chi connectivity index (χ3v) is 4.26. The first-order chi connectivity index (χ1) is 8.25. The van der Waals surface area contributed by atoms with E-state index in [9.17, 15) is 4.79 Å². The normalized spacial score (nSPS) is 16.1. The second-order valence-corrected chi connectivity index (χ2v) is 6.28. The van der Waals surface area contributed by atoms with Gasteiger partial charge in [-0.1, -0.05) is 0 Å². The second-order valence-electron chi connectivity index (χ2n) is 3.99. The van der Waals surface area contributed by atoms with Crippen LogP contribution in [0, 0.1) is 0 Å². The Balaban J connectivity index is 0.00000162. The van der Waals surface area contributed by atoms with E-state index < -0.39 is 0 Å². The van der Waals surface area contributed by atoms with Gasteiger partial charge < -0.3 is 10.6 Å². The molecule has 0 radical (unpaired) electrons. The Morgan fingerprint density at radius 2 is 2.22 bits per heavy atom. The first-order valence-electron chi connectivity index (χ1n) is 5.71. The van der Waals surface area contributed by atoms with Crippen LogP contribution in [0.4, 0.5) is 0 Å². The molecule has 1 aliphatic heterocycles. The number of piperazine rings is 1. The minimum atomic E-state index is 0. The van der Waals surface area contributed by atoms with Gasteiger partial charge in [0, 0.05) is 44.6 Å². The van der Waals surface area contributed by atoms with E-state index in [0.29, 0.717) is 6.54 Å². The molecule has 0 saturated carbocycles. The first kappa shape index (κ1) is 15.9. The molecule has 1 aromatic heterocycles. The maximum absolute atomic E-state index is 11.7. The number of halogens is 2. The molecule has 2 rings (SSSR count). The third kappa shape index (κ3) is 4.85. The van der Waals surface area contributed by atoms with Gasteiger partial charge in [0.2, 0.25) is 0 Å². The number of carbonyl (C=O) groups excluding carboxylic acids is 1. The lowest BCUT2D eigenvalue weighted by atomic mass is 10.3. The molecule has 1 saturated heterocycles. The SMILES string of the molecule is Cl.O=C(NCCN1CCNCC1)c1csc(Br)c1. The fourth-order valence-electron chi connectivity index (χ4n) is 1.79. The van der Waals surface area contributed by atoms with Crippen molar-refractivity contribution in [2.24, 2.45) is 0 Å². The van der Waals surface area contributed by atoms with Crippen molar-refractivity contribution in [3.05, 3.63) is 20.8 Å². The van der Waals surface area contributed by atoms with E-state index in [1.54, 1.807) is 0 Å². The highest BCUT2D eigenvalue weighted by Gasteiger charge is 2.10. The topological polar surface area (TPSA) is 44.4 Å². The van der Waals surface area contributed by atoms with Gasteiger partial charge >= 0.3 is 0 Å². The van der Waals surface area contributed by atoms with E-state index in [1.165, 1.54) is 11.3 Å². The lowest BCUT2D eigenvalue weighted by molar-refractivity contribution is 0.0947. The number of rotatable bonds is 4. The Bertz CT molecular complexity index is 382. The molecule has 0 bridgehead atoms. The molecule has 2 heterocycles. The van der Waals surface area contributed by atoms with Crippen LogP contribution in [0.15, 0.2) is 15.2 Å². The van der Waals surface area contributed by atoms with Crippen molar-refractivity contribution in [2.45, 2.75) is 0 Å². The molecule has 0 aliphatic carbocycles. The van der Waals surface area contributed by atoms with Gasteiger partial charge in [-0.3, -0.25) is 9.69 Å². The molecule has 1 aromatic rings. The Hall–Kier alpha value is -0.140. The standard InChI is InChI=1S/C11H16BrN3OS.ClH/c12-10-7-9(8-17-10)11(16)14-3-6-15-4-1-13-2-5-15;/h7-8,13H,1-6H2,(H,14,16);1H. The summed E-state index contributed by atoms with van der Waals surface area (Å²) in [5.74, 6) is 0.0158. The van der Waals surface area contributed by atoms with Crippen LogP contribution in [-0.2, 0) is 0 Å². The zero-order chi connectivity index (χ0) is 12.1. The van der Waals surface area contributed by atoms with Crippen LogP contribution < -0.4 is 10.6 Å². The summed E-state index contributed by atoms with van der Waals surface area (Å²) in [5.41, 5.74) is 0.738. The molecule has 1 amide bonds. The van der Waals surface area contributed by atoms with Gasteiger partial charge in [0.25, 0.3) is 5.91 Å². The van der Waals surface area contributed by atoms with Gasteiger partial charge in [-0.15, -0.1) is 23.7 Å². The van der Waals surface area contributed by atoms with E-state index in [2.05, 4.69) is 31.5 Å². The number of carbonyl (C=O) groups is 1. The van der Waals surface area contributed by atoms with Crippen molar-refractivity contribution >= 4 is 45.6 Å². The summed E-state index contributed by atoms with van der Waals surface area (Å²) in [6, 6.07) is 1.85. The van der Waals surface area contributed by atoms with E-state index in [1.807, 2.05) is 11.4 Å². The number of hydrogen-bond donors (Lipinski definition) is 2. The fraction of sp³-hybridized carbons (Fsp3) is 0.545. The maximum Gasteiger partial charge on any atom is 0.252 e. The molecule has 102 valence electrons. The lowest BCUT2D eigenvalue weighted by Gasteiger charge is -2.27. The van der Waals surface area contributed by atoms with Gasteiger partial charge in [0.1, 0.15) is 0 Å². The van der Waals surface area contributed by atoms with Crippen LogP contribution in [0.3, 0.4) is 0 Å². The molecule has 18 heavy (non-hydrogen) atoms. The monoisotopic (exact) mass is 353 g/mol. The Kier molecular flexibility index (Phi) is 7.18. The smallest absolute Gasteiger partial charge is 0.252 e. The van der Waals surface area contributed by atoms with Gasteiger partial charge in [-0.25, -0.2) is 0 Å². The van der Waals surface area contributed by atoms with Crippen molar-refractivity contribution in [1.82, 2.24) is 15.5 Å². The van der Waals surface area contributed by atoms with Crippen molar-refractivity contribution in [3.8, 4) is 0 Å². The number of hydrogen-bond acceptors (Lipinski definition) is 4. The highest BCUT2D eigenvalue weighted by Crippen LogP contribution is 2.20. The molecular formula is C11H17BrClN3OS. The quantitative estimate of drug-likeness (QED) is 0.862. The molecule has 1 fully saturated rings. The van der Waals surface area contributed by atoms with Crippen molar-refractivity contribution in [3.63, 3.8) is 0 Å². The summed E-state index contributed by atoms with van der Waals surface area (Å²) in [6.45, 7) is 5.88. The molecule has 4 nitrogen and oxygen atoms in total. The average molecular weight is 355 g/mol. The average Bonchev–Trinajstić information content (AvgIpc) is 2.77. The van der Waals surface area contributed by atoms with Gasteiger partial charge in [-0.05, 0) is 22.0 Å². The molecule has 0 aromatic carbocycles. The first-order valence-corrected chi connectivity index (χ1v) is 7.38. The summed E-state index contributed by atoms with van der Waals surface area (Å²) in [5, 5.41) is 8.12. The third-order valence-electron chi connectivity index (χ3n) is 2.75. The molecule has 0 atom stereocenters. The largest absolute Gasteiger partial charge is 0.351 e. The van der Waals surface area contributed by atoms with Crippen LogP contribution in [-0.4, -0.2) is 50.1 Å². The van der Waals surface area contributed by atoms with Crippen molar-refractivity contribution < 1.29 is 4.79 Å². The van der Waals surface area contributed by atoms with E-state index in [-0.39, 0.29) is 18.3 Å². The number of nitrogens with one attached hydrogen (secondary N) is 2. The number of amides is 1. The molecular weight excluding hydrogens is 338 g/mol. The zero-order valence-corrected chi connectivity index (χ0v) is 13.2. The fourth-order valence-corrected chi connectivity index (χ4v) is 2.93. The minimum Gasteiger partial charge on any atom is -0.351 e. The lowest BCUT2D eigenvalue weighted by Crippen LogP contribution is -2.46. The second kappa shape index (κ2) is 8.12. The summed E-state index contributed by atoms with van der Waals surface area (Å²) < 4.78 is 0.991. The van der Waals surface area contributed by atoms with E-state index >= 15 is 0 Å². The highest BCUT2D eigenvalue weighted by atomic mass is 79.9. The molecule has 7 heteroatoms. The summed E-state index contributed by atoms with van der Waals surface area (Å²) in [4.78, 5) is 14.1. The van der Waals surface area contributed by atoms with Crippen molar-refractivity contribution in [1.29, 1.82) is 0 Å². The zero-order valence-electron chi connectivity index (χ0n) is 9.95. The molecule has 0 spiro atoms. The van der Waals surface area contributed by atoms with E-state index in [4.69, 9.17) is 0 Å². The predicted molar refractivity (Wildman–Crippen MR) is 80.9 cm³/mol. The van der Waals surface area contributed by atoms with Crippen LogP contribution in [0.5, 0.6) is 0 Å². The molecule has 0 unspecified atom stereocenters. The van der Waals surface area contributed by atoms with Crippen LogP contribution in [0.2, 0.25) is 0 Å². The van der Waals surface area contributed by atoms with Gasteiger partial charge in [0.05, 0.1) is 9.35 Å². The van der Waals surface area contributed by atoms with Crippen LogP contribution in [0.25, 0.3) is 0 Å². The number of nitrogens with zero attached hydrogens (tertiary/aromatic N) is 1. The molecule has 1 aliphatic rings. The van der Waals surface area contributed by atoms with Crippen LogP contribution in [0.1, 0.15) is 10.4 Å². The summed E-state index contributed by atoms with van der Waals surface area (Å²) in [6.07, 6.45) is 0. The van der Waals surface area contributed by atoms with Gasteiger partial charge in [0.15, 0.2) is 0 Å². The van der Waals surface area contributed by atoms with Crippen LogP contribution >= 0.6 is 39.7 Å². The Morgan fingerprint density at radius 1 is 1.50 bits per heavy atom. The van der Waals surface area contributed by atoms with Gasteiger partial charge in [-0.2, -0.15) is 0 Å². The Morgan fingerprint density at radius 3 is 2.83 bits per heavy atom. The summed E-state index contributed by atoms with van der Waals surface area (Å²) in [7, 11) is 0. The van der Waals surface area contributed by atoms with Crippen molar-refractivity contribution in [2.75, 3.05) is 39.3 Å².